The summed E-state index contributed by atoms with van der Waals surface area (Å²) in [5, 5.41) is 13.3. The summed E-state index contributed by atoms with van der Waals surface area (Å²) in [5.74, 6) is -1.35. The lowest BCUT2D eigenvalue weighted by atomic mass is 10.2. The van der Waals surface area contributed by atoms with E-state index >= 15 is 0 Å². The van der Waals surface area contributed by atoms with Crippen LogP contribution in [0.15, 0.2) is 71.6 Å². The van der Waals surface area contributed by atoms with Crippen molar-refractivity contribution in [2.24, 2.45) is 0 Å². The SMILES string of the molecule is COc1ccc(S(=O)(=O)N(CC(=O)Nc2cc([N+](=O)[O-])ccc2Cl)c2ccccc2F)cc1. The van der Waals surface area contributed by atoms with E-state index < -0.39 is 33.2 Å². The number of nitro benzene ring substituents is 1. The number of hydrogen-bond acceptors (Lipinski definition) is 6. The van der Waals surface area contributed by atoms with Crippen LogP contribution in [0.3, 0.4) is 0 Å². The molecule has 0 saturated carbocycles. The topological polar surface area (TPSA) is 119 Å². The van der Waals surface area contributed by atoms with E-state index in [9.17, 15) is 27.7 Å². The third-order valence-corrected chi connectivity index (χ3v) is 6.59. The molecule has 0 spiro atoms. The van der Waals surface area contributed by atoms with Crippen molar-refractivity contribution in [2.45, 2.75) is 4.90 Å². The molecule has 0 fully saturated rings. The van der Waals surface area contributed by atoms with Gasteiger partial charge < -0.3 is 10.1 Å². The number of methoxy groups -OCH3 is 1. The Morgan fingerprint density at radius 3 is 2.42 bits per heavy atom. The summed E-state index contributed by atoms with van der Waals surface area (Å²) in [7, 11) is -2.97. The lowest BCUT2D eigenvalue weighted by Gasteiger charge is -2.24. The number of non-ortho nitro benzene ring substituents is 1. The molecule has 3 aromatic rings. The fourth-order valence-corrected chi connectivity index (χ4v) is 4.46. The minimum absolute atomic E-state index is 0.00408. The second-order valence-electron chi connectivity index (χ2n) is 6.61. The number of anilines is 2. The van der Waals surface area contributed by atoms with E-state index in [0.29, 0.717) is 10.1 Å². The molecule has 0 heterocycles. The standard InChI is InChI=1S/C21H17ClFN3O6S/c1-32-15-7-9-16(10-8-15)33(30,31)25(20-5-3-2-4-18(20)23)13-21(27)24-19-12-14(26(28)29)6-11-17(19)22/h2-12H,13H2,1H3,(H,24,27). The van der Waals surface area contributed by atoms with Crippen molar-refractivity contribution in [3.8, 4) is 5.75 Å². The Hall–Kier alpha value is -3.70. The summed E-state index contributed by atoms with van der Waals surface area (Å²) in [6, 6.07) is 13.8. The van der Waals surface area contributed by atoms with Gasteiger partial charge in [0.2, 0.25) is 5.91 Å². The lowest BCUT2D eigenvalue weighted by molar-refractivity contribution is -0.384. The van der Waals surface area contributed by atoms with E-state index in [2.05, 4.69) is 5.32 Å². The largest absolute Gasteiger partial charge is 0.497 e. The molecule has 0 radical (unpaired) electrons. The monoisotopic (exact) mass is 493 g/mol. The predicted molar refractivity (Wildman–Crippen MR) is 121 cm³/mol. The fraction of sp³-hybridized carbons (Fsp3) is 0.0952. The van der Waals surface area contributed by atoms with Gasteiger partial charge in [-0.05, 0) is 42.5 Å². The molecule has 3 aromatic carbocycles. The highest BCUT2D eigenvalue weighted by Crippen LogP contribution is 2.29. The molecule has 0 aliphatic heterocycles. The number of rotatable bonds is 8. The molecule has 33 heavy (non-hydrogen) atoms. The minimum Gasteiger partial charge on any atom is -0.497 e. The maximum absolute atomic E-state index is 14.5. The van der Waals surface area contributed by atoms with Gasteiger partial charge in [-0.1, -0.05) is 23.7 Å². The molecule has 3 rings (SSSR count). The second kappa shape index (κ2) is 9.84. The van der Waals surface area contributed by atoms with Crippen molar-refractivity contribution in [1.29, 1.82) is 0 Å². The molecular formula is C21H17ClFN3O6S. The van der Waals surface area contributed by atoms with E-state index in [0.717, 1.165) is 18.2 Å². The van der Waals surface area contributed by atoms with Crippen LogP contribution < -0.4 is 14.4 Å². The number of carbonyl (C=O) groups excluding carboxylic acids is 1. The van der Waals surface area contributed by atoms with Gasteiger partial charge in [0.25, 0.3) is 15.7 Å². The van der Waals surface area contributed by atoms with Gasteiger partial charge in [-0.15, -0.1) is 0 Å². The molecule has 0 aliphatic carbocycles. The first kappa shape index (κ1) is 24.0. The molecule has 0 atom stereocenters. The van der Waals surface area contributed by atoms with E-state index in [-0.39, 0.29) is 27.0 Å². The van der Waals surface area contributed by atoms with E-state index in [4.69, 9.17) is 16.3 Å². The number of nitro groups is 1. The fourth-order valence-electron chi connectivity index (χ4n) is 2.87. The van der Waals surface area contributed by atoms with Crippen molar-refractivity contribution >= 4 is 44.6 Å². The van der Waals surface area contributed by atoms with Crippen LogP contribution in [0.25, 0.3) is 0 Å². The number of hydrogen-bond donors (Lipinski definition) is 1. The molecular weight excluding hydrogens is 477 g/mol. The molecule has 0 unspecified atom stereocenters. The molecule has 0 aliphatic rings. The van der Waals surface area contributed by atoms with Crippen LogP contribution in [0.2, 0.25) is 5.02 Å². The molecule has 1 amide bonds. The second-order valence-corrected chi connectivity index (χ2v) is 8.88. The third kappa shape index (κ3) is 5.38. The molecule has 0 aromatic heterocycles. The van der Waals surface area contributed by atoms with Crippen molar-refractivity contribution in [2.75, 3.05) is 23.3 Å². The van der Waals surface area contributed by atoms with Crippen LogP contribution in [0.1, 0.15) is 0 Å². The number of sulfonamides is 1. The van der Waals surface area contributed by atoms with Crippen molar-refractivity contribution in [3.05, 3.63) is 87.7 Å². The Labute approximate surface area is 193 Å². The van der Waals surface area contributed by atoms with Crippen LogP contribution in [0.5, 0.6) is 5.75 Å². The molecule has 172 valence electrons. The summed E-state index contributed by atoms with van der Waals surface area (Å²) in [4.78, 5) is 22.9. The first-order chi connectivity index (χ1) is 15.6. The Bertz CT molecular complexity index is 1300. The number of amides is 1. The highest BCUT2D eigenvalue weighted by atomic mass is 35.5. The van der Waals surface area contributed by atoms with Crippen molar-refractivity contribution < 1.29 is 27.3 Å². The van der Waals surface area contributed by atoms with E-state index in [1.165, 1.54) is 55.6 Å². The maximum Gasteiger partial charge on any atom is 0.271 e. The summed E-state index contributed by atoms with van der Waals surface area (Å²) < 4.78 is 46.8. The number of para-hydroxylation sites is 1. The normalized spacial score (nSPS) is 11.0. The van der Waals surface area contributed by atoms with Crippen molar-refractivity contribution in [1.82, 2.24) is 0 Å². The molecule has 9 nitrogen and oxygen atoms in total. The highest BCUT2D eigenvalue weighted by Gasteiger charge is 2.29. The number of halogens is 2. The zero-order valence-corrected chi connectivity index (χ0v) is 18.6. The molecule has 0 bridgehead atoms. The summed E-state index contributed by atoms with van der Waals surface area (Å²) in [6.45, 7) is -0.825. The van der Waals surface area contributed by atoms with Gasteiger partial charge in [0.05, 0.1) is 33.3 Å². The smallest absolute Gasteiger partial charge is 0.271 e. The summed E-state index contributed by atoms with van der Waals surface area (Å²) >= 11 is 6.00. The number of ether oxygens (including phenoxy) is 1. The average Bonchev–Trinajstić information content (AvgIpc) is 2.79. The van der Waals surface area contributed by atoms with Crippen LogP contribution in [0, 0.1) is 15.9 Å². The first-order valence-corrected chi connectivity index (χ1v) is 11.1. The summed E-state index contributed by atoms with van der Waals surface area (Å²) in [5.41, 5.74) is -0.772. The zero-order valence-electron chi connectivity index (χ0n) is 17.1. The number of benzene rings is 3. The number of nitrogens with zero attached hydrogens (tertiary/aromatic N) is 2. The van der Waals surface area contributed by atoms with Crippen LogP contribution in [-0.4, -0.2) is 32.9 Å². The number of nitrogens with one attached hydrogen (secondary N) is 1. The van der Waals surface area contributed by atoms with Crippen molar-refractivity contribution in [3.63, 3.8) is 0 Å². The van der Waals surface area contributed by atoms with Crippen LogP contribution >= 0.6 is 11.6 Å². The Kier molecular flexibility index (Phi) is 7.14. The quantitative estimate of drug-likeness (QED) is 0.370. The highest BCUT2D eigenvalue weighted by molar-refractivity contribution is 7.92. The van der Waals surface area contributed by atoms with Gasteiger partial charge >= 0.3 is 0 Å². The lowest BCUT2D eigenvalue weighted by Crippen LogP contribution is -2.38. The molecule has 12 heteroatoms. The number of carbonyl (C=O) groups is 1. The maximum atomic E-state index is 14.5. The van der Waals surface area contributed by atoms with E-state index in [1.807, 2.05) is 0 Å². The average molecular weight is 494 g/mol. The Morgan fingerprint density at radius 2 is 1.82 bits per heavy atom. The predicted octanol–water partition coefficient (Wildman–Crippen LogP) is 4.23. The van der Waals surface area contributed by atoms with Gasteiger partial charge in [-0.2, -0.15) is 0 Å². The van der Waals surface area contributed by atoms with Gasteiger partial charge in [-0.25, -0.2) is 12.8 Å². The Morgan fingerprint density at radius 1 is 1.15 bits per heavy atom. The van der Waals surface area contributed by atoms with Gasteiger partial charge in [-0.3, -0.25) is 19.2 Å². The van der Waals surface area contributed by atoms with Crippen LogP contribution in [0.4, 0.5) is 21.5 Å². The molecule has 1 N–H and O–H groups in total. The van der Waals surface area contributed by atoms with Gasteiger partial charge in [0.1, 0.15) is 18.1 Å². The Balaban J connectivity index is 1.97. The summed E-state index contributed by atoms with van der Waals surface area (Å²) in [6.07, 6.45) is 0. The molecule has 0 saturated heterocycles. The minimum atomic E-state index is -4.38. The van der Waals surface area contributed by atoms with Crippen LogP contribution in [-0.2, 0) is 14.8 Å². The third-order valence-electron chi connectivity index (χ3n) is 4.49. The first-order valence-electron chi connectivity index (χ1n) is 9.28. The van der Waals surface area contributed by atoms with E-state index in [1.54, 1.807) is 0 Å². The van der Waals surface area contributed by atoms with Gasteiger partial charge in [0.15, 0.2) is 0 Å². The van der Waals surface area contributed by atoms with Gasteiger partial charge in [0, 0.05) is 12.1 Å². The zero-order chi connectivity index (χ0) is 24.2.